The van der Waals surface area contributed by atoms with E-state index in [0.717, 1.165) is 18.2 Å². The maximum Gasteiger partial charge on any atom is 0.331 e. The summed E-state index contributed by atoms with van der Waals surface area (Å²) >= 11 is 8.96. The third kappa shape index (κ3) is 5.95. The number of halogens is 4. The Bertz CT molecular complexity index is 843. The van der Waals surface area contributed by atoms with Gasteiger partial charge in [-0.25, -0.2) is 13.6 Å². The molecule has 0 heterocycles. The van der Waals surface area contributed by atoms with E-state index in [1.165, 1.54) is 30.3 Å². The highest BCUT2D eigenvalue weighted by molar-refractivity contribution is 9.10. The van der Waals surface area contributed by atoms with Gasteiger partial charge >= 0.3 is 5.97 Å². The molecule has 8 heteroatoms. The molecule has 2 aromatic rings. The summed E-state index contributed by atoms with van der Waals surface area (Å²) < 4.78 is 31.8. The number of nitrogens with one attached hydrogen (secondary N) is 1. The summed E-state index contributed by atoms with van der Waals surface area (Å²) in [7, 11) is 0. The first-order valence-electron chi connectivity index (χ1n) is 6.90. The van der Waals surface area contributed by atoms with Crippen molar-refractivity contribution in [2.45, 2.75) is 0 Å². The first kappa shape index (κ1) is 19.1. The predicted molar refractivity (Wildman–Crippen MR) is 94.1 cm³/mol. The molecule has 0 spiro atoms. The standard InChI is InChI=1S/C17H11BrClF2NO3/c18-11-2-4-14(21)10(7-11)1-6-17(24)25-9-16(23)22-15-5-3-12(20)8-13(15)19/h1-8H,9H2,(H,22,23)/b6-1+. The second-order valence-electron chi connectivity index (χ2n) is 4.78. The van der Waals surface area contributed by atoms with Crippen molar-refractivity contribution in [2.75, 3.05) is 11.9 Å². The summed E-state index contributed by atoms with van der Waals surface area (Å²) in [5.41, 5.74) is 0.379. The monoisotopic (exact) mass is 429 g/mol. The van der Waals surface area contributed by atoms with E-state index >= 15 is 0 Å². The minimum absolute atomic E-state index is 0.0182. The van der Waals surface area contributed by atoms with Gasteiger partial charge in [-0.2, -0.15) is 0 Å². The Morgan fingerprint density at radius 3 is 2.68 bits per heavy atom. The molecule has 0 aliphatic heterocycles. The molecule has 0 saturated heterocycles. The lowest BCUT2D eigenvalue weighted by Gasteiger charge is -2.07. The molecule has 2 aromatic carbocycles. The summed E-state index contributed by atoms with van der Waals surface area (Å²) in [6, 6.07) is 7.71. The van der Waals surface area contributed by atoms with Crippen LogP contribution in [0.1, 0.15) is 5.56 Å². The number of ether oxygens (including phenoxy) is 1. The zero-order valence-electron chi connectivity index (χ0n) is 12.6. The van der Waals surface area contributed by atoms with Crippen molar-refractivity contribution in [3.63, 3.8) is 0 Å². The van der Waals surface area contributed by atoms with E-state index < -0.39 is 30.1 Å². The van der Waals surface area contributed by atoms with Crippen LogP contribution in [-0.4, -0.2) is 18.5 Å². The van der Waals surface area contributed by atoms with Crippen LogP contribution in [0.3, 0.4) is 0 Å². The average Bonchev–Trinajstić information content (AvgIpc) is 2.56. The molecular weight excluding hydrogens is 420 g/mol. The third-order valence-corrected chi connectivity index (χ3v) is 3.71. The molecule has 4 nitrogen and oxygen atoms in total. The van der Waals surface area contributed by atoms with E-state index in [9.17, 15) is 18.4 Å². The highest BCUT2D eigenvalue weighted by Gasteiger charge is 2.09. The van der Waals surface area contributed by atoms with E-state index in [-0.39, 0.29) is 16.3 Å². The smallest absolute Gasteiger partial charge is 0.331 e. The van der Waals surface area contributed by atoms with Crippen molar-refractivity contribution in [1.29, 1.82) is 0 Å². The maximum absolute atomic E-state index is 13.5. The van der Waals surface area contributed by atoms with Crippen LogP contribution in [-0.2, 0) is 14.3 Å². The first-order chi connectivity index (χ1) is 11.8. The number of anilines is 1. The Balaban J connectivity index is 1.87. The summed E-state index contributed by atoms with van der Waals surface area (Å²) in [5, 5.41) is 2.40. The van der Waals surface area contributed by atoms with Gasteiger partial charge in [0.1, 0.15) is 11.6 Å². The number of hydrogen-bond donors (Lipinski definition) is 1. The number of amides is 1. The number of esters is 1. The fourth-order valence-corrected chi connectivity index (χ4v) is 2.36. The largest absolute Gasteiger partial charge is 0.452 e. The first-order valence-corrected chi connectivity index (χ1v) is 8.07. The molecule has 0 unspecified atom stereocenters. The highest BCUT2D eigenvalue weighted by atomic mass is 79.9. The molecule has 0 aliphatic carbocycles. The van der Waals surface area contributed by atoms with Gasteiger partial charge in [-0.1, -0.05) is 27.5 Å². The van der Waals surface area contributed by atoms with Crippen molar-refractivity contribution >= 4 is 51.2 Å². The molecule has 0 radical (unpaired) electrons. The van der Waals surface area contributed by atoms with Gasteiger partial charge in [0.15, 0.2) is 6.61 Å². The number of rotatable bonds is 5. The lowest BCUT2D eigenvalue weighted by molar-refractivity contribution is -0.142. The Morgan fingerprint density at radius 2 is 1.96 bits per heavy atom. The summed E-state index contributed by atoms with van der Waals surface area (Å²) in [6.07, 6.45) is 2.24. The molecule has 0 aliphatic rings. The quantitative estimate of drug-likeness (QED) is 0.558. The van der Waals surface area contributed by atoms with Crippen LogP contribution in [0.5, 0.6) is 0 Å². The fourth-order valence-electron chi connectivity index (χ4n) is 1.76. The minimum Gasteiger partial charge on any atom is -0.452 e. The molecule has 0 atom stereocenters. The highest BCUT2D eigenvalue weighted by Crippen LogP contribution is 2.22. The number of carbonyl (C=O) groups excluding carboxylic acids is 2. The second kappa shape index (κ2) is 8.73. The van der Waals surface area contributed by atoms with E-state index in [4.69, 9.17) is 16.3 Å². The average molecular weight is 431 g/mol. The van der Waals surface area contributed by atoms with Gasteiger partial charge in [0, 0.05) is 16.1 Å². The molecule has 130 valence electrons. The van der Waals surface area contributed by atoms with Crippen LogP contribution in [0.15, 0.2) is 46.9 Å². The van der Waals surface area contributed by atoms with E-state index in [1.54, 1.807) is 0 Å². The van der Waals surface area contributed by atoms with Crippen LogP contribution >= 0.6 is 27.5 Å². The molecule has 25 heavy (non-hydrogen) atoms. The van der Waals surface area contributed by atoms with E-state index in [2.05, 4.69) is 21.2 Å². The molecular formula is C17H11BrClF2NO3. The predicted octanol–water partition coefficient (Wildman–Crippen LogP) is 4.58. The van der Waals surface area contributed by atoms with Gasteiger partial charge < -0.3 is 10.1 Å². The van der Waals surface area contributed by atoms with Crippen molar-refractivity contribution in [3.8, 4) is 0 Å². The fraction of sp³-hybridized carbons (Fsp3) is 0.0588. The second-order valence-corrected chi connectivity index (χ2v) is 6.10. The van der Waals surface area contributed by atoms with Gasteiger partial charge in [0.2, 0.25) is 0 Å². The third-order valence-electron chi connectivity index (χ3n) is 2.91. The maximum atomic E-state index is 13.5. The zero-order chi connectivity index (χ0) is 18.4. The van der Waals surface area contributed by atoms with Gasteiger partial charge in [-0.15, -0.1) is 0 Å². The van der Waals surface area contributed by atoms with Gasteiger partial charge in [0.05, 0.1) is 10.7 Å². The van der Waals surface area contributed by atoms with E-state index in [0.29, 0.717) is 4.47 Å². The SMILES string of the molecule is O=C(COC(=O)/C=C/c1cc(Br)ccc1F)Nc1ccc(F)cc1Cl. The Morgan fingerprint density at radius 1 is 1.20 bits per heavy atom. The Kier molecular flexibility index (Phi) is 6.66. The lowest BCUT2D eigenvalue weighted by atomic mass is 10.2. The molecule has 1 amide bonds. The van der Waals surface area contributed by atoms with Crippen LogP contribution in [0.2, 0.25) is 5.02 Å². The summed E-state index contributed by atoms with van der Waals surface area (Å²) in [6.45, 7) is -0.572. The van der Waals surface area contributed by atoms with Gasteiger partial charge in [-0.3, -0.25) is 4.79 Å². The normalized spacial score (nSPS) is 10.7. The molecule has 0 aromatic heterocycles. The zero-order valence-corrected chi connectivity index (χ0v) is 14.9. The van der Waals surface area contributed by atoms with Crippen LogP contribution in [0, 0.1) is 11.6 Å². The molecule has 0 bridgehead atoms. The summed E-state index contributed by atoms with van der Waals surface area (Å²) in [4.78, 5) is 23.3. The van der Waals surface area contributed by atoms with Crippen molar-refractivity contribution in [1.82, 2.24) is 0 Å². The topological polar surface area (TPSA) is 55.4 Å². The number of carbonyl (C=O) groups is 2. The molecule has 2 rings (SSSR count). The summed E-state index contributed by atoms with van der Waals surface area (Å²) in [5.74, 6) is -2.51. The molecule has 0 saturated carbocycles. The number of benzene rings is 2. The molecule has 0 fully saturated rings. The molecule has 1 N–H and O–H groups in total. The number of hydrogen-bond acceptors (Lipinski definition) is 3. The van der Waals surface area contributed by atoms with Gasteiger partial charge in [0.25, 0.3) is 5.91 Å². The van der Waals surface area contributed by atoms with Crippen LogP contribution in [0.4, 0.5) is 14.5 Å². The van der Waals surface area contributed by atoms with Crippen LogP contribution < -0.4 is 5.32 Å². The van der Waals surface area contributed by atoms with E-state index in [1.807, 2.05) is 0 Å². The van der Waals surface area contributed by atoms with Crippen LogP contribution in [0.25, 0.3) is 6.08 Å². The Labute approximate surface area is 155 Å². The lowest BCUT2D eigenvalue weighted by Crippen LogP contribution is -2.20. The van der Waals surface area contributed by atoms with Crippen molar-refractivity contribution in [2.24, 2.45) is 0 Å². The van der Waals surface area contributed by atoms with Gasteiger partial charge in [-0.05, 0) is 42.5 Å². The Hall–Kier alpha value is -2.25. The van der Waals surface area contributed by atoms with Crippen molar-refractivity contribution < 1.29 is 23.1 Å². The minimum atomic E-state index is -0.820. The van der Waals surface area contributed by atoms with Crippen molar-refractivity contribution in [3.05, 3.63) is 69.2 Å².